The van der Waals surface area contributed by atoms with Gasteiger partial charge in [-0.25, -0.2) is 0 Å². The van der Waals surface area contributed by atoms with Crippen LogP contribution in [0.25, 0.3) is 6.08 Å². The molecule has 0 spiro atoms. The van der Waals surface area contributed by atoms with Crippen molar-refractivity contribution in [2.45, 2.75) is 26.3 Å². The summed E-state index contributed by atoms with van der Waals surface area (Å²) in [5.74, 6) is -0.418. The Morgan fingerprint density at radius 2 is 2.19 bits per heavy atom. The number of hydrogen-bond acceptors (Lipinski definition) is 5. The van der Waals surface area contributed by atoms with E-state index >= 15 is 0 Å². The zero-order valence-corrected chi connectivity index (χ0v) is 14.5. The molecule has 2 amide bonds. The van der Waals surface area contributed by atoms with Crippen molar-refractivity contribution in [3.8, 4) is 0 Å². The van der Waals surface area contributed by atoms with E-state index < -0.39 is 0 Å². The van der Waals surface area contributed by atoms with E-state index in [0.717, 1.165) is 4.88 Å². The van der Waals surface area contributed by atoms with Gasteiger partial charge in [0.05, 0.1) is 4.91 Å². The maximum Gasteiger partial charge on any atom is 0.266 e. The molecule has 1 aromatic rings. The van der Waals surface area contributed by atoms with Gasteiger partial charge in [-0.05, 0) is 38.3 Å². The van der Waals surface area contributed by atoms with Gasteiger partial charge >= 0.3 is 0 Å². The summed E-state index contributed by atoms with van der Waals surface area (Å²) >= 11 is 7.99. The van der Waals surface area contributed by atoms with Crippen LogP contribution < -0.4 is 5.32 Å². The Morgan fingerprint density at radius 1 is 1.48 bits per heavy atom. The Balaban J connectivity index is 2.07. The first-order valence-electron chi connectivity index (χ1n) is 6.36. The van der Waals surface area contributed by atoms with Crippen LogP contribution in [0.1, 0.15) is 25.6 Å². The van der Waals surface area contributed by atoms with Crippen LogP contribution in [0, 0.1) is 0 Å². The summed E-state index contributed by atoms with van der Waals surface area (Å²) in [6, 6.07) is 3.86. The molecule has 0 unspecified atom stereocenters. The van der Waals surface area contributed by atoms with Crippen LogP contribution in [0.15, 0.2) is 22.4 Å². The SMILES string of the molecule is CC(C)(C)NC(=O)CN1C(=O)C(=Cc2cccs2)SC1=S. The van der Waals surface area contributed by atoms with Crippen LogP contribution in [0.5, 0.6) is 0 Å². The van der Waals surface area contributed by atoms with Crippen LogP contribution in [0.3, 0.4) is 0 Å². The monoisotopic (exact) mass is 340 g/mol. The Labute approximate surface area is 137 Å². The predicted molar refractivity (Wildman–Crippen MR) is 92.1 cm³/mol. The Hall–Kier alpha value is -1.18. The molecular weight excluding hydrogens is 324 g/mol. The van der Waals surface area contributed by atoms with E-state index in [-0.39, 0.29) is 23.9 Å². The number of hydrogen-bond donors (Lipinski definition) is 1. The first-order chi connectivity index (χ1) is 9.76. The van der Waals surface area contributed by atoms with E-state index in [4.69, 9.17) is 12.2 Å². The average Bonchev–Trinajstić information content (AvgIpc) is 2.92. The van der Waals surface area contributed by atoms with Crippen LogP contribution >= 0.6 is 35.3 Å². The molecule has 0 saturated carbocycles. The van der Waals surface area contributed by atoms with Gasteiger partial charge in [0.2, 0.25) is 5.91 Å². The van der Waals surface area contributed by atoms with Gasteiger partial charge in [0, 0.05) is 10.4 Å². The third-order valence-electron chi connectivity index (χ3n) is 2.51. The molecule has 1 fully saturated rings. The molecule has 0 aromatic carbocycles. The van der Waals surface area contributed by atoms with Crippen LogP contribution in [0.2, 0.25) is 0 Å². The molecule has 4 nitrogen and oxygen atoms in total. The van der Waals surface area contributed by atoms with Crippen molar-refractivity contribution in [2.24, 2.45) is 0 Å². The largest absolute Gasteiger partial charge is 0.350 e. The van der Waals surface area contributed by atoms with Gasteiger partial charge in [0.15, 0.2) is 0 Å². The molecule has 1 aromatic heterocycles. The molecule has 0 bridgehead atoms. The molecule has 0 radical (unpaired) electrons. The van der Waals surface area contributed by atoms with E-state index in [1.54, 1.807) is 11.3 Å². The fourth-order valence-electron chi connectivity index (χ4n) is 1.74. The summed E-state index contributed by atoms with van der Waals surface area (Å²) in [6.07, 6.45) is 1.81. The van der Waals surface area contributed by atoms with E-state index in [0.29, 0.717) is 9.23 Å². The minimum atomic E-state index is -0.329. The zero-order valence-electron chi connectivity index (χ0n) is 12.0. The highest BCUT2D eigenvalue weighted by atomic mass is 32.2. The van der Waals surface area contributed by atoms with E-state index in [1.165, 1.54) is 16.7 Å². The molecule has 1 aliphatic heterocycles. The van der Waals surface area contributed by atoms with Gasteiger partial charge in [-0.15, -0.1) is 11.3 Å². The highest BCUT2D eigenvalue weighted by molar-refractivity contribution is 8.26. The maximum atomic E-state index is 12.3. The van der Waals surface area contributed by atoms with Gasteiger partial charge in [-0.1, -0.05) is 30.0 Å². The van der Waals surface area contributed by atoms with Crippen molar-refractivity contribution in [2.75, 3.05) is 6.54 Å². The third-order valence-corrected chi connectivity index (χ3v) is 4.70. The van der Waals surface area contributed by atoms with Crippen molar-refractivity contribution in [3.05, 3.63) is 27.3 Å². The van der Waals surface area contributed by atoms with Gasteiger partial charge < -0.3 is 5.32 Å². The molecule has 2 rings (SSSR count). The van der Waals surface area contributed by atoms with E-state index in [2.05, 4.69) is 5.32 Å². The fraction of sp³-hybridized carbons (Fsp3) is 0.357. The molecule has 7 heteroatoms. The first-order valence-corrected chi connectivity index (χ1v) is 8.46. The fourth-order valence-corrected chi connectivity index (χ4v) is 3.72. The van der Waals surface area contributed by atoms with Crippen molar-refractivity contribution >= 4 is 57.5 Å². The number of thioether (sulfide) groups is 1. The number of thiophene rings is 1. The number of nitrogens with zero attached hydrogens (tertiary/aromatic N) is 1. The van der Waals surface area contributed by atoms with Crippen LogP contribution in [-0.4, -0.2) is 33.1 Å². The first kappa shape index (κ1) is 16.2. The number of carbonyl (C=O) groups excluding carboxylic acids is 2. The molecule has 112 valence electrons. The molecule has 1 saturated heterocycles. The van der Waals surface area contributed by atoms with Crippen molar-refractivity contribution in [3.63, 3.8) is 0 Å². The summed E-state index contributed by atoms with van der Waals surface area (Å²) in [5.41, 5.74) is -0.329. The smallest absolute Gasteiger partial charge is 0.266 e. The van der Waals surface area contributed by atoms with Crippen molar-refractivity contribution < 1.29 is 9.59 Å². The second kappa shape index (κ2) is 6.29. The van der Waals surface area contributed by atoms with Gasteiger partial charge in [0.25, 0.3) is 5.91 Å². The third kappa shape index (κ3) is 4.39. The van der Waals surface area contributed by atoms with Crippen LogP contribution in [0.4, 0.5) is 0 Å². The van der Waals surface area contributed by atoms with Gasteiger partial charge in [-0.2, -0.15) is 0 Å². The highest BCUT2D eigenvalue weighted by Crippen LogP contribution is 2.33. The molecule has 1 aliphatic rings. The summed E-state index contributed by atoms with van der Waals surface area (Å²) in [6.45, 7) is 5.65. The second-order valence-corrected chi connectivity index (χ2v) is 8.24. The second-order valence-electron chi connectivity index (χ2n) is 5.58. The minimum absolute atomic E-state index is 0.0380. The average molecular weight is 340 g/mol. The number of nitrogens with one attached hydrogen (secondary N) is 1. The summed E-state index contributed by atoms with van der Waals surface area (Å²) in [4.78, 5) is 27.2. The predicted octanol–water partition coefficient (Wildman–Crippen LogP) is 2.86. The summed E-state index contributed by atoms with van der Waals surface area (Å²) in [7, 11) is 0. The van der Waals surface area contributed by atoms with Crippen molar-refractivity contribution in [1.82, 2.24) is 10.2 Å². The lowest BCUT2D eigenvalue weighted by Crippen LogP contribution is -2.46. The molecule has 2 heterocycles. The number of thiocarbonyl (C=S) groups is 1. The van der Waals surface area contributed by atoms with Gasteiger partial charge in [0.1, 0.15) is 10.9 Å². The quantitative estimate of drug-likeness (QED) is 0.679. The molecular formula is C14H16N2O2S3. The van der Waals surface area contributed by atoms with Crippen molar-refractivity contribution in [1.29, 1.82) is 0 Å². The number of rotatable bonds is 3. The Bertz CT molecular complexity index is 600. The molecule has 0 aliphatic carbocycles. The molecule has 0 atom stereocenters. The normalized spacial score (nSPS) is 17.7. The maximum absolute atomic E-state index is 12.3. The molecule has 1 N–H and O–H groups in total. The van der Waals surface area contributed by atoms with Crippen LogP contribution in [-0.2, 0) is 9.59 Å². The minimum Gasteiger partial charge on any atom is -0.350 e. The lowest BCUT2D eigenvalue weighted by atomic mass is 10.1. The highest BCUT2D eigenvalue weighted by Gasteiger charge is 2.33. The van der Waals surface area contributed by atoms with E-state index in [1.807, 2.05) is 44.4 Å². The number of amides is 2. The lowest BCUT2D eigenvalue weighted by Gasteiger charge is -2.22. The topological polar surface area (TPSA) is 49.4 Å². The Kier molecular flexibility index (Phi) is 4.85. The van der Waals surface area contributed by atoms with E-state index in [9.17, 15) is 9.59 Å². The number of carbonyl (C=O) groups is 2. The molecule has 21 heavy (non-hydrogen) atoms. The summed E-state index contributed by atoms with van der Waals surface area (Å²) in [5, 5.41) is 4.78. The standard InChI is InChI=1S/C14H16N2O2S3/c1-14(2,3)15-11(17)8-16-12(18)10(21-13(16)19)7-9-5-4-6-20-9/h4-7H,8H2,1-3H3,(H,15,17). The summed E-state index contributed by atoms with van der Waals surface area (Å²) < 4.78 is 0.423. The Morgan fingerprint density at radius 3 is 2.76 bits per heavy atom. The zero-order chi connectivity index (χ0) is 15.6. The van der Waals surface area contributed by atoms with Gasteiger partial charge in [-0.3, -0.25) is 14.5 Å². The lowest BCUT2D eigenvalue weighted by molar-refractivity contribution is -0.129.